The number of aromatic nitrogens is 3. The van der Waals surface area contributed by atoms with E-state index in [0.29, 0.717) is 11.7 Å². The number of methoxy groups -OCH3 is 1. The normalized spacial score (nSPS) is 15.6. The van der Waals surface area contributed by atoms with Crippen LogP contribution in [0.2, 0.25) is 0 Å². The lowest BCUT2D eigenvalue weighted by Gasteiger charge is -2.29. The van der Waals surface area contributed by atoms with Gasteiger partial charge in [0.05, 0.1) is 12.7 Å². The van der Waals surface area contributed by atoms with Crippen molar-refractivity contribution in [3.05, 3.63) is 41.7 Å². The van der Waals surface area contributed by atoms with Gasteiger partial charge in [-0.3, -0.25) is 0 Å². The monoisotopic (exact) mass is 342 g/mol. The summed E-state index contributed by atoms with van der Waals surface area (Å²) >= 11 is 1.68. The molecule has 3 aromatic rings. The number of anilines is 1. The molecule has 7 heteroatoms. The van der Waals surface area contributed by atoms with Gasteiger partial charge < -0.3 is 14.2 Å². The van der Waals surface area contributed by atoms with Crippen molar-refractivity contribution >= 4 is 16.5 Å². The Balaban J connectivity index is 1.48. The van der Waals surface area contributed by atoms with E-state index in [2.05, 4.69) is 20.0 Å². The molecule has 0 saturated carbocycles. The van der Waals surface area contributed by atoms with Gasteiger partial charge in [-0.15, -0.1) is 11.3 Å². The maximum Gasteiger partial charge on any atom is 0.230 e. The molecule has 1 aliphatic rings. The number of hydrogen-bond acceptors (Lipinski definition) is 7. The summed E-state index contributed by atoms with van der Waals surface area (Å²) in [4.78, 5) is 11.3. The molecule has 1 aromatic carbocycles. The maximum atomic E-state index is 5.54. The summed E-state index contributed by atoms with van der Waals surface area (Å²) in [6, 6.07) is 7.72. The minimum absolute atomic E-state index is 0.303. The zero-order valence-corrected chi connectivity index (χ0v) is 14.2. The molecule has 1 saturated heterocycles. The first-order chi connectivity index (χ1) is 11.8. The van der Waals surface area contributed by atoms with Gasteiger partial charge in [-0.25, -0.2) is 4.98 Å². The smallest absolute Gasteiger partial charge is 0.230 e. The second-order valence-electron chi connectivity index (χ2n) is 5.73. The molecular weight excluding hydrogens is 324 g/mol. The van der Waals surface area contributed by atoms with Crippen LogP contribution in [0.5, 0.6) is 5.75 Å². The minimum atomic E-state index is 0.303. The van der Waals surface area contributed by atoms with Crippen LogP contribution >= 0.6 is 11.3 Å². The fraction of sp³-hybridized carbons (Fsp3) is 0.353. The minimum Gasteiger partial charge on any atom is -0.496 e. The molecule has 4 rings (SSSR count). The molecule has 24 heavy (non-hydrogen) atoms. The number of benzene rings is 1. The van der Waals surface area contributed by atoms with Crippen molar-refractivity contribution in [1.82, 2.24) is 15.1 Å². The highest BCUT2D eigenvalue weighted by Crippen LogP contribution is 2.33. The van der Waals surface area contributed by atoms with Gasteiger partial charge in [-0.05, 0) is 25.0 Å². The number of rotatable bonds is 4. The van der Waals surface area contributed by atoms with Crippen molar-refractivity contribution in [1.29, 1.82) is 0 Å². The van der Waals surface area contributed by atoms with E-state index in [1.54, 1.807) is 18.4 Å². The molecule has 1 fully saturated rings. The van der Waals surface area contributed by atoms with E-state index < -0.39 is 0 Å². The summed E-state index contributed by atoms with van der Waals surface area (Å²) in [5.41, 5.74) is 0.857. The summed E-state index contributed by atoms with van der Waals surface area (Å²) in [7, 11) is 1.65. The second-order valence-corrected chi connectivity index (χ2v) is 6.61. The van der Waals surface area contributed by atoms with Gasteiger partial charge in [0.25, 0.3) is 0 Å². The Kier molecular flexibility index (Phi) is 4.17. The van der Waals surface area contributed by atoms with E-state index in [4.69, 9.17) is 9.26 Å². The van der Waals surface area contributed by atoms with E-state index in [-0.39, 0.29) is 0 Å². The molecule has 6 nitrogen and oxygen atoms in total. The molecule has 2 aromatic heterocycles. The van der Waals surface area contributed by atoms with Crippen LogP contribution in [0.25, 0.3) is 11.4 Å². The van der Waals surface area contributed by atoms with Crippen LogP contribution in [-0.4, -0.2) is 35.3 Å². The van der Waals surface area contributed by atoms with Gasteiger partial charge in [0.15, 0.2) is 5.13 Å². The zero-order valence-electron chi connectivity index (χ0n) is 13.4. The molecule has 1 aliphatic heterocycles. The Morgan fingerprint density at radius 3 is 2.83 bits per heavy atom. The molecule has 0 unspecified atom stereocenters. The topological polar surface area (TPSA) is 64.3 Å². The SMILES string of the molecule is COc1ccccc1-c1noc(C2CCN(c3nccs3)CC2)n1. The molecule has 0 aliphatic carbocycles. The Bertz CT molecular complexity index is 795. The summed E-state index contributed by atoms with van der Waals surface area (Å²) in [5.74, 6) is 2.36. The Hall–Kier alpha value is -2.41. The molecular formula is C17H18N4O2S. The number of hydrogen-bond donors (Lipinski definition) is 0. The molecule has 124 valence electrons. The van der Waals surface area contributed by atoms with E-state index in [0.717, 1.165) is 48.3 Å². The van der Waals surface area contributed by atoms with Crippen LogP contribution in [-0.2, 0) is 0 Å². The molecule has 0 atom stereocenters. The predicted molar refractivity (Wildman–Crippen MR) is 92.6 cm³/mol. The fourth-order valence-corrected chi connectivity index (χ4v) is 3.73. The average Bonchev–Trinajstić information content (AvgIpc) is 3.34. The quantitative estimate of drug-likeness (QED) is 0.722. The third-order valence-electron chi connectivity index (χ3n) is 4.32. The van der Waals surface area contributed by atoms with Crippen molar-refractivity contribution in [3.63, 3.8) is 0 Å². The number of nitrogens with zero attached hydrogens (tertiary/aromatic N) is 4. The standard InChI is InChI=1S/C17H18N4O2S/c1-22-14-5-3-2-4-13(14)15-19-16(23-20-15)12-6-9-21(10-7-12)17-18-8-11-24-17/h2-5,8,11-12H,6-7,9-10H2,1H3. The van der Waals surface area contributed by atoms with E-state index >= 15 is 0 Å². The first-order valence-electron chi connectivity index (χ1n) is 7.96. The van der Waals surface area contributed by atoms with Crippen LogP contribution in [0.15, 0.2) is 40.4 Å². The number of piperidine rings is 1. The lowest BCUT2D eigenvalue weighted by atomic mass is 9.97. The van der Waals surface area contributed by atoms with Gasteiger partial charge in [-0.1, -0.05) is 17.3 Å². The van der Waals surface area contributed by atoms with Gasteiger partial charge in [0.1, 0.15) is 5.75 Å². The van der Waals surface area contributed by atoms with Crippen molar-refractivity contribution in [2.24, 2.45) is 0 Å². The third kappa shape index (κ3) is 2.87. The van der Waals surface area contributed by atoms with E-state index in [9.17, 15) is 0 Å². The van der Waals surface area contributed by atoms with Crippen LogP contribution in [0.1, 0.15) is 24.7 Å². The molecule has 0 N–H and O–H groups in total. The summed E-state index contributed by atoms with van der Waals surface area (Å²) < 4.78 is 10.9. The highest BCUT2D eigenvalue weighted by atomic mass is 32.1. The number of thiazole rings is 1. The van der Waals surface area contributed by atoms with Crippen molar-refractivity contribution in [2.45, 2.75) is 18.8 Å². The molecule has 0 radical (unpaired) electrons. The zero-order chi connectivity index (χ0) is 16.4. The molecule has 0 bridgehead atoms. The fourth-order valence-electron chi connectivity index (χ4n) is 3.03. The van der Waals surface area contributed by atoms with Crippen LogP contribution in [0, 0.1) is 0 Å². The highest BCUT2D eigenvalue weighted by Gasteiger charge is 2.26. The molecule has 3 heterocycles. The Morgan fingerprint density at radius 1 is 1.25 bits per heavy atom. The van der Waals surface area contributed by atoms with Crippen LogP contribution in [0.3, 0.4) is 0 Å². The maximum absolute atomic E-state index is 5.54. The molecule has 0 amide bonds. The predicted octanol–water partition coefficient (Wildman–Crippen LogP) is 3.59. The van der Waals surface area contributed by atoms with E-state index in [1.165, 1.54) is 0 Å². The lowest BCUT2D eigenvalue weighted by molar-refractivity contribution is 0.329. The third-order valence-corrected chi connectivity index (χ3v) is 5.16. The summed E-state index contributed by atoms with van der Waals surface area (Å²) in [6.07, 6.45) is 3.84. The van der Waals surface area contributed by atoms with Crippen molar-refractivity contribution in [2.75, 3.05) is 25.1 Å². The first-order valence-corrected chi connectivity index (χ1v) is 8.84. The largest absolute Gasteiger partial charge is 0.496 e. The summed E-state index contributed by atoms with van der Waals surface area (Å²) in [5, 5.41) is 7.25. The van der Waals surface area contributed by atoms with Gasteiger partial charge >= 0.3 is 0 Å². The van der Waals surface area contributed by atoms with Gasteiger partial charge in [-0.2, -0.15) is 4.98 Å². The van der Waals surface area contributed by atoms with E-state index in [1.807, 2.05) is 35.8 Å². The lowest BCUT2D eigenvalue weighted by Crippen LogP contribution is -2.32. The number of ether oxygens (including phenoxy) is 1. The van der Waals surface area contributed by atoms with Crippen molar-refractivity contribution in [3.8, 4) is 17.1 Å². The average molecular weight is 342 g/mol. The molecule has 0 spiro atoms. The van der Waals surface area contributed by atoms with Gasteiger partial charge in [0, 0.05) is 30.6 Å². The first kappa shape index (κ1) is 15.1. The summed E-state index contributed by atoms with van der Waals surface area (Å²) in [6.45, 7) is 1.93. The Morgan fingerprint density at radius 2 is 2.08 bits per heavy atom. The van der Waals surface area contributed by atoms with Crippen molar-refractivity contribution < 1.29 is 9.26 Å². The van der Waals surface area contributed by atoms with Crippen LogP contribution < -0.4 is 9.64 Å². The second kappa shape index (κ2) is 6.60. The highest BCUT2D eigenvalue weighted by molar-refractivity contribution is 7.13. The van der Waals surface area contributed by atoms with Crippen LogP contribution in [0.4, 0.5) is 5.13 Å². The Labute approximate surface area is 144 Å². The number of para-hydroxylation sites is 1. The van der Waals surface area contributed by atoms with Gasteiger partial charge in [0.2, 0.25) is 11.7 Å².